The molecule has 0 spiro atoms. The molecular weight excluding hydrogens is 362 g/mol. The van der Waals surface area contributed by atoms with Crippen molar-refractivity contribution in [2.45, 2.75) is 19.5 Å². The van der Waals surface area contributed by atoms with Crippen molar-refractivity contribution in [3.63, 3.8) is 0 Å². The molecule has 1 unspecified atom stereocenters. The summed E-state index contributed by atoms with van der Waals surface area (Å²) in [6, 6.07) is 27.8. The van der Waals surface area contributed by atoms with Crippen LogP contribution in [0, 0.1) is 0 Å². The van der Waals surface area contributed by atoms with Crippen molar-refractivity contribution in [1.29, 1.82) is 0 Å². The fraction of sp³-hybridized carbons (Fsp3) is 0.130. The van der Waals surface area contributed by atoms with E-state index in [9.17, 15) is 4.79 Å². The predicted octanol–water partition coefficient (Wildman–Crippen LogP) is 3.88. The molecule has 144 valence electrons. The first kappa shape index (κ1) is 18.6. The molecule has 1 amide bonds. The molecule has 0 fully saturated rings. The molecule has 6 nitrogen and oxygen atoms in total. The summed E-state index contributed by atoms with van der Waals surface area (Å²) in [5.41, 5.74) is 4.22. The zero-order valence-electron chi connectivity index (χ0n) is 16.1. The quantitative estimate of drug-likeness (QED) is 0.548. The topological polar surface area (TPSA) is 72.7 Å². The lowest BCUT2D eigenvalue weighted by Crippen LogP contribution is -2.30. The minimum atomic E-state index is -0.165. The molecule has 4 aromatic rings. The minimum Gasteiger partial charge on any atom is -0.348 e. The Labute approximate surface area is 169 Å². The van der Waals surface area contributed by atoms with Gasteiger partial charge in [-0.25, -0.2) is 0 Å². The highest BCUT2D eigenvalue weighted by atomic mass is 16.2. The van der Waals surface area contributed by atoms with Gasteiger partial charge in [-0.3, -0.25) is 4.79 Å². The van der Waals surface area contributed by atoms with Crippen molar-refractivity contribution < 1.29 is 4.79 Å². The molecular formula is C23H21N5O. The molecule has 6 heteroatoms. The van der Waals surface area contributed by atoms with Gasteiger partial charge in [0.15, 0.2) is 0 Å². The van der Waals surface area contributed by atoms with E-state index >= 15 is 0 Å². The molecule has 0 saturated heterocycles. The van der Waals surface area contributed by atoms with Crippen LogP contribution in [0.3, 0.4) is 0 Å². The van der Waals surface area contributed by atoms with Gasteiger partial charge in [-0.05, 0) is 28.8 Å². The van der Waals surface area contributed by atoms with Crippen molar-refractivity contribution in [1.82, 2.24) is 25.5 Å². The van der Waals surface area contributed by atoms with Gasteiger partial charge in [0.25, 0.3) is 0 Å². The Kier molecular flexibility index (Phi) is 5.42. The van der Waals surface area contributed by atoms with Crippen LogP contribution in [0.5, 0.6) is 0 Å². The van der Waals surface area contributed by atoms with E-state index in [1.165, 1.54) is 10.4 Å². The minimum absolute atomic E-state index is 0.0201. The molecule has 1 atom stereocenters. The highest BCUT2D eigenvalue weighted by molar-refractivity contribution is 5.76. The molecule has 0 saturated carbocycles. The lowest BCUT2D eigenvalue weighted by atomic mass is 10.0. The van der Waals surface area contributed by atoms with E-state index < -0.39 is 0 Å². The number of hydrogen-bond acceptors (Lipinski definition) is 4. The first-order chi connectivity index (χ1) is 14.2. The third kappa shape index (κ3) is 4.55. The summed E-state index contributed by atoms with van der Waals surface area (Å²) in [6.07, 6.45) is 0. The third-order valence-corrected chi connectivity index (χ3v) is 4.67. The van der Waals surface area contributed by atoms with E-state index in [4.69, 9.17) is 0 Å². The fourth-order valence-corrected chi connectivity index (χ4v) is 3.11. The molecule has 4 rings (SSSR count). The van der Waals surface area contributed by atoms with Crippen molar-refractivity contribution in [3.8, 4) is 22.5 Å². The lowest BCUT2D eigenvalue weighted by Gasteiger charge is -2.14. The van der Waals surface area contributed by atoms with Gasteiger partial charge in [-0.15, -0.1) is 10.2 Å². The van der Waals surface area contributed by atoms with E-state index in [2.05, 4.69) is 45.0 Å². The summed E-state index contributed by atoms with van der Waals surface area (Å²) < 4.78 is 0. The summed E-state index contributed by atoms with van der Waals surface area (Å²) in [7, 11) is 0. The van der Waals surface area contributed by atoms with E-state index in [0.717, 1.165) is 16.7 Å². The Morgan fingerprint density at radius 1 is 0.862 bits per heavy atom. The number of tetrazole rings is 1. The van der Waals surface area contributed by atoms with Crippen molar-refractivity contribution in [2.24, 2.45) is 0 Å². The van der Waals surface area contributed by atoms with Crippen LogP contribution in [0.2, 0.25) is 0 Å². The van der Waals surface area contributed by atoms with Gasteiger partial charge >= 0.3 is 0 Å². The maximum absolute atomic E-state index is 12.4. The number of nitrogens with zero attached hydrogens (tertiary/aromatic N) is 4. The van der Waals surface area contributed by atoms with E-state index in [1.54, 1.807) is 0 Å². The van der Waals surface area contributed by atoms with Crippen LogP contribution in [0.4, 0.5) is 0 Å². The molecule has 0 aliphatic carbocycles. The summed E-state index contributed by atoms with van der Waals surface area (Å²) >= 11 is 0. The second-order valence-corrected chi connectivity index (χ2v) is 6.79. The normalized spacial score (nSPS) is 11.8. The van der Waals surface area contributed by atoms with E-state index in [0.29, 0.717) is 5.82 Å². The number of rotatable bonds is 6. The Hall–Kier alpha value is -3.80. The van der Waals surface area contributed by atoms with Gasteiger partial charge in [0, 0.05) is 5.56 Å². The number of benzene rings is 3. The van der Waals surface area contributed by atoms with Crippen LogP contribution in [-0.2, 0) is 11.3 Å². The second kappa shape index (κ2) is 8.48. The van der Waals surface area contributed by atoms with Gasteiger partial charge < -0.3 is 5.32 Å². The zero-order valence-corrected chi connectivity index (χ0v) is 16.1. The summed E-state index contributed by atoms with van der Waals surface area (Å²) in [5.74, 6) is 0.338. The summed E-state index contributed by atoms with van der Waals surface area (Å²) in [4.78, 5) is 13.7. The molecule has 1 N–H and O–H groups in total. The standard InChI is InChI=1S/C23H21N5O/c1-17(18-12-14-20(15-13-18)19-8-4-2-5-9-19)24-22(29)16-28-26-23(25-27-28)21-10-6-3-7-11-21/h2-15,17H,16H2,1H3,(H,24,29). The molecule has 0 radical (unpaired) electrons. The summed E-state index contributed by atoms with van der Waals surface area (Å²) in [5, 5.41) is 15.3. The molecule has 0 aliphatic rings. The largest absolute Gasteiger partial charge is 0.348 e. The predicted molar refractivity (Wildman–Crippen MR) is 112 cm³/mol. The highest BCUT2D eigenvalue weighted by Crippen LogP contribution is 2.21. The Balaban J connectivity index is 1.37. The SMILES string of the molecule is CC(NC(=O)Cn1nnc(-c2ccccc2)n1)c1ccc(-c2ccccc2)cc1. The average Bonchev–Trinajstić information content (AvgIpc) is 3.23. The number of carbonyl (C=O) groups is 1. The highest BCUT2D eigenvalue weighted by Gasteiger charge is 2.13. The van der Waals surface area contributed by atoms with Crippen LogP contribution < -0.4 is 5.32 Å². The molecule has 3 aromatic carbocycles. The number of amides is 1. The lowest BCUT2D eigenvalue weighted by molar-refractivity contribution is -0.122. The maximum Gasteiger partial charge on any atom is 0.244 e. The van der Waals surface area contributed by atoms with Crippen LogP contribution in [0.25, 0.3) is 22.5 Å². The third-order valence-electron chi connectivity index (χ3n) is 4.67. The molecule has 1 aromatic heterocycles. The molecule has 29 heavy (non-hydrogen) atoms. The van der Waals surface area contributed by atoms with Gasteiger partial charge in [-0.1, -0.05) is 84.9 Å². The zero-order chi connectivity index (χ0) is 20.1. The fourth-order valence-electron chi connectivity index (χ4n) is 3.11. The Bertz CT molecular complexity index is 1080. The number of hydrogen-bond donors (Lipinski definition) is 1. The van der Waals surface area contributed by atoms with Crippen molar-refractivity contribution in [2.75, 3.05) is 0 Å². The molecule has 1 heterocycles. The molecule has 0 aliphatic heterocycles. The Morgan fingerprint density at radius 2 is 1.45 bits per heavy atom. The number of aromatic nitrogens is 4. The smallest absolute Gasteiger partial charge is 0.244 e. The second-order valence-electron chi connectivity index (χ2n) is 6.79. The van der Waals surface area contributed by atoms with E-state index in [-0.39, 0.29) is 18.5 Å². The van der Waals surface area contributed by atoms with Crippen molar-refractivity contribution in [3.05, 3.63) is 90.5 Å². The monoisotopic (exact) mass is 383 g/mol. The van der Waals surface area contributed by atoms with E-state index in [1.807, 2.05) is 67.6 Å². The van der Waals surface area contributed by atoms with Crippen LogP contribution >= 0.6 is 0 Å². The maximum atomic E-state index is 12.4. The van der Waals surface area contributed by atoms with Gasteiger partial charge in [-0.2, -0.15) is 4.80 Å². The van der Waals surface area contributed by atoms with Crippen LogP contribution in [0.1, 0.15) is 18.5 Å². The first-order valence-corrected chi connectivity index (χ1v) is 9.47. The first-order valence-electron chi connectivity index (χ1n) is 9.47. The van der Waals surface area contributed by atoms with Gasteiger partial charge in [0.1, 0.15) is 6.54 Å². The molecule has 0 bridgehead atoms. The van der Waals surface area contributed by atoms with Gasteiger partial charge in [0.05, 0.1) is 6.04 Å². The number of carbonyl (C=O) groups excluding carboxylic acids is 1. The van der Waals surface area contributed by atoms with Gasteiger partial charge in [0.2, 0.25) is 11.7 Å². The average molecular weight is 383 g/mol. The van der Waals surface area contributed by atoms with Crippen LogP contribution in [-0.4, -0.2) is 26.1 Å². The Morgan fingerprint density at radius 3 is 2.10 bits per heavy atom. The number of nitrogens with one attached hydrogen (secondary N) is 1. The summed E-state index contributed by atoms with van der Waals surface area (Å²) in [6.45, 7) is 1.98. The van der Waals surface area contributed by atoms with Crippen molar-refractivity contribution >= 4 is 5.91 Å². The van der Waals surface area contributed by atoms with Crippen LogP contribution in [0.15, 0.2) is 84.9 Å².